The first-order valence-corrected chi connectivity index (χ1v) is 8.09. The van der Waals surface area contributed by atoms with E-state index in [1.165, 1.54) is 38.3 Å². The maximum Gasteiger partial charge on any atom is 0.113 e. The third-order valence-electron chi connectivity index (χ3n) is 4.69. The monoisotopic (exact) mass is 303 g/mol. The van der Waals surface area contributed by atoms with E-state index in [1.54, 1.807) is 0 Å². The van der Waals surface area contributed by atoms with Gasteiger partial charge in [-0.15, -0.1) is 0 Å². The average molecular weight is 303 g/mol. The van der Waals surface area contributed by atoms with Gasteiger partial charge in [-0.1, -0.05) is 66.1 Å². The number of para-hydroxylation sites is 1. The summed E-state index contributed by atoms with van der Waals surface area (Å²) < 4.78 is 2.32. The summed E-state index contributed by atoms with van der Waals surface area (Å²) in [6.45, 7) is 0. The predicted molar refractivity (Wildman–Crippen MR) is 104 cm³/mol. The number of fused-ring (bicyclic) bond motifs is 4. The van der Waals surface area contributed by atoms with E-state index in [9.17, 15) is 0 Å². The molecule has 1 heterocycles. The Balaban J connectivity index is 1.92. The Morgan fingerprint density at radius 1 is 0.583 bits per heavy atom. The van der Waals surface area contributed by atoms with Crippen LogP contribution >= 0.6 is 0 Å². The molecule has 4 aromatic carbocycles. The highest BCUT2D eigenvalue weighted by Crippen LogP contribution is 2.32. The van der Waals surface area contributed by atoms with Crippen LogP contribution in [0.1, 0.15) is 0 Å². The lowest BCUT2D eigenvalue weighted by atomic mass is 9.94. The van der Waals surface area contributed by atoms with Gasteiger partial charge in [-0.2, -0.15) is 0 Å². The van der Waals surface area contributed by atoms with Gasteiger partial charge >= 0.3 is 0 Å². The van der Waals surface area contributed by atoms with E-state index in [4.69, 9.17) is 7.85 Å². The third-order valence-corrected chi connectivity index (χ3v) is 4.69. The van der Waals surface area contributed by atoms with Crippen molar-refractivity contribution in [3.63, 3.8) is 0 Å². The third kappa shape index (κ3) is 1.90. The Morgan fingerprint density at radius 2 is 1.33 bits per heavy atom. The molecule has 0 aliphatic heterocycles. The molecular formula is C22H14BN. The van der Waals surface area contributed by atoms with Crippen LogP contribution in [-0.2, 0) is 0 Å². The highest BCUT2D eigenvalue weighted by Gasteiger charge is 2.11. The Hall–Kier alpha value is -3.00. The van der Waals surface area contributed by atoms with Crippen molar-refractivity contribution in [1.82, 2.24) is 4.57 Å². The summed E-state index contributed by atoms with van der Waals surface area (Å²) in [7, 11) is 6.03. The van der Waals surface area contributed by atoms with E-state index in [0.717, 1.165) is 5.46 Å². The zero-order valence-electron chi connectivity index (χ0n) is 13.1. The standard InChI is InChI=1S/C22H14BN/c23-17-10-12-22-20(14-17)19-7-3-4-8-21(19)24(22)18-11-9-15-5-1-2-6-16(15)13-18/h1-14H. The predicted octanol–water partition coefficient (Wildman–Crippen LogP) is 4.73. The van der Waals surface area contributed by atoms with Gasteiger partial charge in [-0.3, -0.25) is 0 Å². The highest BCUT2D eigenvalue weighted by atomic mass is 15.0. The van der Waals surface area contributed by atoms with Crippen LogP contribution in [0.3, 0.4) is 0 Å². The first-order valence-electron chi connectivity index (χ1n) is 8.09. The van der Waals surface area contributed by atoms with Gasteiger partial charge in [0.05, 0.1) is 11.0 Å². The zero-order chi connectivity index (χ0) is 16.1. The minimum atomic E-state index is 0.795. The molecule has 0 unspecified atom stereocenters. The summed E-state index contributed by atoms with van der Waals surface area (Å²) in [5.74, 6) is 0. The zero-order valence-corrected chi connectivity index (χ0v) is 13.1. The molecule has 1 nitrogen and oxygen atoms in total. The first kappa shape index (κ1) is 13.4. The Morgan fingerprint density at radius 3 is 2.25 bits per heavy atom. The fraction of sp³-hybridized carbons (Fsp3) is 0. The van der Waals surface area contributed by atoms with Gasteiger partial charge in [0.1, 0.15) is 7.85 Å². The molecule has 0 aliphatic rings. The van der Waals surface area contributed by atoms with Crippen LogP contribution < -0.4 is 5.46 Å². The van der Waals surface area contributed by atoms with Crippen molar-refractivity contribution < 1.29 is 0 Å². The maximum absolute atomic E-state index is 6.03. The number of aromatic nitrogens is 1. The number of nitrogens with zero attached hydrogens (tertiary/aromatic N) is 1. The lowest BCUT2D eigenvalue weighted by Crippen LogP contribution is -2.00. The molecule has 0 saturated heterocycles. The van der Waals surface area contributed by atoms with Gasteiger partial charge in [-0.05, 0) is 35.0 Å². The quantitative estimate of drug-likeness (QED) is 0.394. The molecule has 0 aliphatic carbocycles. The molecule has 24 heavy (non-hydrogen) atoms. The molecular weight excluding hydrogens is 289 g/mol. The maximum atomic E-state index is 6.03. The topological polar surface area (TPSA) is 4.93 Å². The minimum absolute atomic E-state index is 0.795. The van der Waals surface area contributed by atoms with Crippen molar-refractivity contribution in [2.45, 2.75) is 0 Å². The van der Waals surface area contributed by atoms with Gasteiger partial charge in [0.2, 0.25) is 0 Å². The van der Waals surface area contributed by atoms with Crippen LogP contribution in [0, 0.1) is 0 Å². The minimum Gasteiger partial charge on any atom is -0.309 e. The number of benzene rings is 4. The molecule has 0 atom stereocenters. The molecule has 5 rings (SSSR count). The molecule has 0 amide bonds. The molecule has 0 spiro atoms. The van der Waals surface area contributed by atoms with Gasteiger partial charge in [0, 0.05) is 16.5 Å². The summed E-state index contributed by atoms with van der Waals surface area (Å²) >= 11 is 0. The summed E-state index contributed by atoms with van der Waals surface area (Å²) in [6, 6.07) is 29.7. The van der Waals surface area contributed by atoms with Crippen molar-refractivity contribution in [3.05, 3.63) is 84.9 Å². The van der Waals surface area contributed by atoms with E-state index >= 15 is 0 Å². The van der Waals surface area contributed by atoms with E-state index in [1.807, 2.05) is 6.07 Å². The van der Waals surface area contributed by atoms with Crippen LogP contribution in [-0.4, -0.2) is 12.4 Å². The Labute approximate surface area is 141 Å². The second-order valence-electron chi connectivity index (χ2n) is 6.16. The molecule has 0 N–H and O–H groups in total. The number of hydrogen-bond donors (Lipinski definition) is 0. The van der Waals surface area contributed by atoms with E-state index in [0.29, 0.717) is 0 Å². The van der Waals surface area contributed by atoms with Crippen molar-refractivity contribution in [1.29, 1.82) is 0 Å². The fourth-order valence-corrected chi connectivity index (χ4v) is 3.58. The lowest BCUT2D eigenvalue weighted by Gasteiger charge is -2.09. The Bertz CT molecular complexity index is 1220. The molecule has 0 fully saturated rings. The largest absolute Gasteiger partial charge is 0.309 e. The van der Waals surface area contributed by atoms with Crippen molar-refractivity contribution in [2.24, 2.45) is 0 Å². The molecule has 2 radical (unpaired) electrons. The molecule has 1 aromatic heterocycles. The van der Waals surface area contributed by atoms with Gasteiger partial charge in [-0.25, -0.2) is 0 Å². The molecule has 110 valence electrons. The van der Waals surface area contributed by atoms with Gasteiger partial charge in [0.15, 0.2) is 0 Å². The smallest absolute Gasteiger partial charge is 0.113 e. The Kier molecular flexibility index (Phi) is 2.80. The van der Waals surface area contributed by atoms with Crippen LogP contribution in [0.5, 0.6) is 0 Å². The first-order chi connectivity index (χ1) is 11.8. The van der Waals surface area contributed by atoms with Crippen LogP contribution in [0.25, 0.3) is 38.3 Å². The summed E-state index contributed by atoms with van der Waals surface area (Å²) in [5.41, 5.74) is 4.35. The second kappa shape index (κ2) is 5.00. The van der Waals surface area contributed by atoms with Crippen molar-refractivity contribution in [3.8, 4) is 5.69 Å². The molecule has 0 saturated carbocycles. The lowest BCUT2D eigenvalue weighted by molar-refractivity contribution is 1.19. The summed E-state index contributed by atoms with van der Waals surface area (Å²) in [6.07, 6.45) is 0. The fourth-order valence-electron chi connectivity index (χ4n) is 3.58. The van der Waals surface area contributed by atoms with E-state index < -0.39 is 0 Å². The molecule has 2 heteroatoms. The number of rotatable bonds is 1. The van der Waals surface area contributed by atoms with Crippen molar-refractivity contribution >= 4 is 45.9 Å². The SMILES string of the molecule is [B]c1ccc2c(c1)c1ccccc1n2-c1ccc2ccccc2c1. The molecule has 0 bridgehead atoms. The highest BCUT2D eigenvalue weighted by molar-refractivity contribution is 6.33. The summed E-state index contributed by atoms with van der Waals surface area (Å²) in [5, 5.41) is 4.93. The average Bonchev–Trinajstić information content (AvgIpc) is 2.95. The van der Waals surface area contributed by atoms with Crippen LogP contribution in [0.4, 0.5) is 0 Å². The van der Waals surface area contributed by atoms with Crippen LogP contribution in [0.15, 0.2) is 84.9 Å². The summed E-state index contributed by atoms with van der Waals surface area (Å²) in [4.78, 5) is 0. The van der Waals surface area contributed by atoms with Crippen LogP contribution in [0.2, 0.25) is 0 Å². The van der Waals surface area contributed by atoms with Crippen molar-refractivity contribution in [2.75, 3.05) is 0 Å². The van der Waals surface area contributed by atoms with Gasteiger partial charge in [0.25, 0.3) is 0 Å². The second-order valence-corrected chi connectivity index (χ2v) is 6.16. The molecule has 5 aromatic rings. The van der Waals surface area contributed by atoms with E-state index in [-0.39, 0.29) is 0 Å². The van der Waals surface area contributed by atoms with Gasteiger partial charge < -0.3 is 4.57 Å². The normalized spacial score (nSPS) is 11.5. The number of hydrogen-bond acceptors (Lipinski definition) is 0. The van der Waals surface area contributed by atoms with E-state index in [2.05, 4.69) is 83.4 Å².